The van der Waals surface area contributed by atoms with Crippen LogP contribution < -0.4 is 5.73 Å². The minimum atomic E-state index is -4.28. The lowest BCUT2D eigenvalue weighted by Gasteiger charge is -2.28. The second-order valence-corrected chi connectivity index (χ2v) is 6.16. The second kappa shape index (κ2) is 6.36. The molecule has 21 heavy (non-hydrogen) atoms. The van der Waals surface area contributed by atoms with E-state index >= 15 is 0 Å². The van der Waals surface area contributed by atoms with Gasteiger partial charge in [0, 0.05) is 19.1 Å². The van der Waals surface area contributed by atoms with Crippen molar-refractivity contribution in [1.29, 1.82) is 0 Å². The summed E-state index contributed by atoms with van der Waals surface area (Å²) in [4.78, 5) is 2.30. The molecule has 1 aromatic carbocycles. The van der Waals surface area contributed by atoms with E-state index in [-0.39, 0.29) is 6.04 Å². The lowest BCUT2D eigenvalue weighted by molar-refractivity contribution is -0.137. The van der Waals surface area contributed by atoms with Gasteiger partial charge in [0.1, 0.15) is 0 Å². The van der Waals surface area contributed by atoms with E-state index in [1.54, 1.807) is 12.1 Å². The van der Waals surface area contributed by atoms with Crippen LogP contribution >= 0.6 is 0 Å². The lowest BCUT2D eigenvalue weighted by Crippen LogP contribution is -2.32. The highest BCUT2D eigenvalue weighted by molar-refractivity contribution is 5.27. The van der Waals surface area contributed by atoms with Crippen molar-refractivity contribution < 1.29 is 13.2 Å². The zero-order valence-electron chi connectivity index (χ0n) is 12.5. The fraction of sp³-hybridized carbons (Fsp3) is 0.625. The predicted octanol–water partition coefficient (Wildman–Crippen LogP) is 3.68. The van der Waals surface area contributed by atoms with E-state index < -0.39 is 11.7 Å². The molecule has 1 heterocycles. The number of rotatable bonds is 4. The summed E-state index contributed by atoms with van der Waals surface area (Å²) in [7, 11) is 0. The molecular formula is C16H23F3N2. The Morgan fingerprint density at radius 2 is 1.86 bits per heavy atom. The van der Waals surface area contributed by atoms with Crippen molar-refractivity contribution in [2.75, 3.05) is 19.6 Å². The largest absolute Gasteiger partial charge is 0.416 e. The maximum atomic E-state index is 12.6. The van der Waals surface area contributed by atoms with Gasteiger partial charge in [-0.1, -0.05) is 26.0 Å². The van der Waals surface area contributed by atoms with Gasteiger partial charge in [0.15, 0.2) is 0 Å². The maximum absolute atomic E-state index is 12.6. The van der Waals surface area contributed by atoms with Crippen LogP contribution in [0.25, 0.3) is 0 Å². The number of alkyl halides is 3. The summed E-state index contributed by atoms with van der Waals surface area (Å²) < 4.78 is 37.8. The molecule has 5 heteroatoms. The number of halogens is 3. The zero-order chi connectivity index (χ0) is 15.6. The standard InChI is InChI=1S/C16H23F3N2/c1-11(2)13-7-8-21(10-13)15(9-20)12-3-5-14(6-4-12)16(17,18)19/h3-6,11,13,15H,7-10,20H2,1-2H3. The summed E-state index contributed by atoms with van der Waals surface area (Å²) >= 11 is 0. The molecule has 1 fully saturated rings. The molecule has 0 saturated carbocycles. The van der Waals surface area contributed by atoms with Gasteiger partial charge in [-0.05, 0) is 42.5 Å². The van der Waals surface area contributed by atoms with Gasteiger partial charge in [0.05, 0.1) is 5.56 Å². The number of hydrogen-bond acceptors (Lipinski definition) is 2. The van der Waals surface area contributed by atoms with E-state index in [2.05, 4.69) is 18.7 Å². The van der Waals surface area contributed by atoms with Crippen molar-refractivity contribution >= 4 is 0 Å². The predicted molar refractivity (Wildman–Crippen MR) is 77.8 cm³/mol. The highest BCUT2D eigenvalue weighted by Crippen LogP contribution is 2.33. The Hall–Kier alpha value is -1.07. The van der Waals surface area contributed by atoms with E-state index in [1.807, 2.05) is 0 Å². The van der Waals surface area contributed by atoms with Crippen LogP contribution in [0.15, 0.2) is 24.3 Å². The number of nitrogens with zero attached hydrogens (tertiary/aromatic N) is 1. The van der Waals surface area contributed by atoms with Gasteiger partial charge in [-0.25, -0.2) is 0 Å². The lowest BCUT2D eigenvalue weighted by atomic mass is 9.95. The topological polar surface area (TPSA) is 29.3 Å². The van der Waals surface area contributed by atoms with E-state index in [4.69, 9.17) is 5.73 Å². The smallest absolute Gasteiger partial charge is 0.329 e. The Balaban J connectivity index is 2.11. The third kappa shape index (κ3) is 3.77. The third-order valence-electron chi connectivity index (χ3n) is 4.49. The molecule has 0 spiro atoms. The zero-order valence-corrected chi connectivity index (χ0v) is 12.5. The average molecular weight is 300 g/mol. The molecule has 1 aliphatic rings. The highest BCUT2D eigenvalue weighted by atomic mass is 19.4. The van der Waals surface area contributed by atoms with Crippen molar-refractivity contribution in [2.24, 2.45) is 17.6 Å². The first-order valence-corrected chi connectivity index (χ1v) is 7.44. The Morgan fingerprint density at radius 3 is 2.29 bits per heavy atom. The van der Waals surface area contributed by atoms with Crippen LogP contribution in [-0.4, -0.2) is 24.5 Å². The molecular weight excluding hydrogens is 277 g/mol. The fourth-order valence-electron chi connectivity index (χ4n) is 3.03. The minimum Gasteiger partial charge on any atom is -0.329 e. The van der Waals surface area contributed by atoms with E-state index in [1.165, 1.54) is 0 Å². The summed E-state index contributed by atoms with van der Waals surface area (Å²) in [6, 6.07) is 5.42. The van der Waals surface area contributed by atoms with Crippen LogP contribution in [0.1, 0.15) is 37.4 Å². The van der Waals surface area contributed by atoms with Crippen molar-refractivity contribution in [1.82, 2.24) is 4.90 Å². The SMILES string of the molecule is CC(C)C1CCN(C(CN)c2ccc(C(F)(F)F)cc2)C1. The first-order chi connectivity index (χ1) is 9.82. The Labute approximate surface area is 124 Å². The van der Waals surface area contributed by atoms with Crippen LogP contribution in [0.2, 0.25) is 0 Å². The number of nitrogens with two attached hydrogens (primary N) is 1. The minimum absolute atomic E-state index is 0.0102. The number of benzene rings is 1. The molecule has 2 rings (SSSR count). The van der Waals surface area contributed by atoms with Gasteiger partial charge < -0.3 is 5.73 Å². The van der Waals surface area contributed by atoms with Gasteiger partial charge in [-0.15, -0.1) is 0 Å². The summed E-state index contributed by atoms with van der Waals surface area (Å²) in [5.41, 5.74) is 6.13. The summed E-state index contributed by atoms with van der Waals surface area (Å²) in [6.45, 7) is 6.79. The molecule has 0 aliphatic carbocycles. The molecule has 2 atom stereocenters. The molecule has 0 amide bonds. The summed E-state index contributed by atoms with van der Waals surface area (Å²) in [6.07, 6.45) is -3.15. The van der Waals surface area contributed by atoms with Gasteiger partial charge in [0.2, 0.25) is 0 Å². The first-order valence-electron chi connectivity index (χ1n) is 7.44. The van der Waals surface area contributed by atoms with Crippen molar-refractivity contribution in [3.05, 3.63) is 35.4 Å². The molecule has 118 valence electrons. The molecule has 0 radical (unpaired) electrons. The van der Waals surface area contributed by atoms with E-state index in [0.29, 0.717) is 18.4 Å². The molecule has 0 aromatic heterocycles. The van der Waals surface area contributed by atoms with Crippen LogP contribution in [0.3, 0.4) is 0 Å². The molecule has 1 aromatic rings. The van der Waals surface area contributed by atoms with Crippen LogP contribution in [0, 0.1) is 11.8 Å². The molecule has 2 N–H and O–H groups in total. The molecule has 1 aliphatic heterocycles. The van der Waals surface area contributed by atoms with Gasteiger partial charge in [-0.3, -0.25) is 4.90 Å². The number of hydrogen-bond donors (Lipinski definition) is 1. The third-order valence-corrected chi connectivity index (χ3v) is 4.49. The van der Waals surface area contributed by atoms with Crippen LogP contribution in [-0.2, 0) is 6.18 Å². The van der Waals surface area contributed by atoms with Crippen LogP contribution in [0.5, 0.6) is 0 Å². The molecule has 2 unspecified atom stereocenters. The summed E-state index contributed by atoms with van der Waals surface area (Å²) in [5.74, 6) is 1.27. The second-order valence-electron chi connectivity index (χ2n) is 6.16. The van der Waals surface area contributed by atoms with Gasteiger partial charge in [0.25, 0.3) is 0 Å². The van der Waals surface area contributed by atoms with Crippen molar-refractivity contribution in [3.63, 3.8) is 0 Å². The Bertz CT molecular complexity index is 454. The maximum Gasteiger partial charge on any atom is 0.416 e. The normalized spacial score (nSPS) is 22.0. The van der Waals surface area contributed by atoms with E-state index in [9.17, 15) is 13.2 Å². The highest BCUT2D eigenvalue weighted by Gasteiger charge is 2.32. The fourth-order valence-corrected chi connectivity index (χ4v) is 3.03. The van der Waals surface area contributed by atoms with Gasteiger partial charge in [-0.2, -0.15) is 13.2 Å². The average Bonchev–Trinajstić information content (AvgIpc) is 2.89. The van der Waals surface area contributed by atoms with E-state index in [0.717, 1.165) is 37.2 Å². The monoisotopic (exact) mass is 300 g/mol. The molecule has 0 bridgehead atoms. The summed E-state index contributed by atoms with van der Waals surface area (Å²) in [5, 5.41) is 0. The molecule has 2 nitrogen and oxygen atoms in total. The quantitative estimate of drug-likeness (QED) is 0.919. The number of likely N-dealkylation sites (tertiary alicyclic amines) is 1. The molecule has 1 saturated heterocycles. The van der Waals surface area contributed by atoms with Crippen LogP contribution in [0.4, 0.5) is 13.2 Å². The van der Waals surface area contributed by atoms with Crippen molar-refractivity contribution in [3.8, 4) is 0 Å². The Kier molecular flexibility index (Phi) is 4.94. The van der Waals surface area contributed by atoms with Crippen molar-refractivity contribution in [2.45, 2.75) is 32.5 Å². The first kappa shape index (κ1) is 16.3. The Morgan fingerprint density at radius 1 is 1.24 bits per heavy atom. The van der Waals surface area contributed by atoms with Gasteiger partial charge >= 0.3 is 6.18 Å².